The van der Waals surface area contributed by atoms with Gasteiger partial charge in [0.25, 0.3) is 0 Å². The number of hydrogen-bond acceptors (Lipinski definition) is 3. The van der Waals surface area contributed by atoms with Crippen LogP contribution in [0.15, 0.2) is 5.38 Å². The molecule has 90 valence electrons. The van der Waals surface area contributed by atoms with E-state index in [0.29, 0.717) is 0 Å². The standard InChI is InChI=1S/C13H22N2S/c1-2-13-15-12(10-16-13)7-8-14-9-11-5-3-4-6-11/h10-11,14H,2-9H2,1H3. The van der Waals surface area contributed by atoms with Crippen LogP contribution in [0, 0.1) is 5.92 Å². The summed E-state index contributed by atoms with van der Waals surface area (Å²) in [5, 5.41) is 7.04. The predicted octanol–water partition coefficient (Wildman–Crippen LogP) is 3.03. The summed E-state index contributed by atoms with van der Waals surface area (Å²) in [4.78, 5) is 4.58. The normalized spacial score (nSPS) is 17.1. The van der Waals surface area contributed by atoms with Gasteiger partial charge in [-0.15, -0.1) is 11.3 Å². The van der Waals surface area contributed by atoms with Gasteiger partial charge in [-0.25, -0.2) is 4.98 Å². The van der Waals surface area contributed by atoms with Gasteiger partial charge in [0, 0.05) is 18.3 Å². The van der Waals surface area contributed by atoms with Crippen LogP contribution in [0.2, 0.25) is 0 Å². The Balaban J connectivity index is 1.60. The number of nitrogens with zero attached hydrogens (tertiary/aromatic N) is 1. The molecule has 0 radical (unpaired) electrons. The van der Waals surface area contributed by atoms with Gasteiger partial charge in [-0.1, -0.05) is 19.8 Å². The first kappa shape index (κ1) is 12.1. The monoisotopic (exact) mass is 238 g/mol. The van der Waals surface area contributed by atoms with Gasteiger partial charge in [-0.2, -0.15) is 0 Å². The van der Waals surface area contributed by atoms with Gasteiger partial charge in [0.1, 0.15) is 0 Å². The Morgan fingerprint density at radius 1 is 1.44 bits per heavy atom. The molecule has 3 heteroatoms. The van der Waals surface area contributed by atoms with Crippen LogP contribution in [0.4, 0.5) is 0 Å². The maximum atomic E-state index is 4.58. The first-order valence-corrected chi connectivity index (χ1v) is 7.40. The van der Waals surface area contributed by atoms with Crippen molar-refractivity contribution in [3.05, 3.63) is 16.1 Å². The zero-order valence-corrected chi connectivity index (χ0v) is 11.0. The van der Waals surface area contributed by atoms with Crippen LogP contribution in [0.1, 0.15) is 43.3 Å². The van der Waals surface area contributed by atoms with Crippen LogP contribution in [0.5, 0.6) is 0 Å². The average molecular weight is 238 g/mol. The molecule has 0 amide bonds. The smallest absolute Gasteiger partial charge is 0.0925 e. The molecule has 2 nitrogen and oxygen atoms in total. The lowest BCUT2D eigenvalue weighted by atomic mass is 10.1. The van der Waals surface area contributed by atoms with E-state index in [9.17, 15) is 0 Å². The zero-order chi connectivity index (χ0) is 11.2. The minimum Gasteiger partial charge on any atom is -0.316 e. The molecule has 1 aromatic rings. The molecule has 0 aromatic carbocycles. The highest BCUT2D eigenvalue weighted by molar-refractivity contribution is 7.09. The molecule has 1 aromatic heterocycles. The van der Waals surface area contributed by atoms with Crippen molar-refractivity contribution in [2.24, 2.45) is 5.92 Å². The lowest BCUT2D eigenvalue weighted by Gasteiger charge is -2.09. The summed E-state index contributed by atoms with van der Waals surface area (Å²) in [5.74, 6) is 0.946. The summed E-state index contributed by atoms with van der Waals surface area (Å²) < 4.78 is 0. The van der Waals surface area contributed by atoms with Crippen LogP contribution in [-0.4, -0.2) is 18.1 Å². The van der Waals surface area contributed by atoms with E-state index in [1.165, 1.54) is 42.9 Å². The van der Waals surface area contributed by atoms with E-state index in [2.05, 4.69) is 22.6 Å². The second-order valence-corrected chi connectivity index (χ2v) is 5.63. The molecule has 0 aliphatic heterocycles. The van der Waals surface area contributed by atoms with Gasteiger partial charge in [0.05, 0.1) is 10.7 Å². The topological polar surface area (TPSA) is 24.9 Å². The fourth-order valence-corrected chi connectivity index (χ4v) is 3.14. The molecule has 1 heterocycles. The summed E-state index contributed by atoms with van der Waals surface area (Å²) in [7, 11) is 0. The second-order valence-electron chi connectivity index (χ2n) is 4.69. The third-order valence-corrected chi connectivity index (χ3v) is 4.41. The van der Waals surface area contributed by atoms with Gasteiger partial charge >= 0.3 is 0 Å². The summed E-state index contributed by atoms with van der Waals surface area (Å²) in [6.45, 7) is 4.47. The largest absolute Gasteiger partial charge is 0.316 e. The molecule has 1 fully saturated rings. The molecular weight excluding hydrogens is 216 g/mol. The van der Waals surface area contributed by atoms with Crippen LogP contribution in [0.25, 0.3) is 0 Å². The molecule has 0 bridgehead atoms. The van der Waals surface area contributed by atoms with E-state index in [-0.39, 0.29) is 0 Å². The molecular formula is C13H22N2S. The Kier molecular flexibility index (Phi) is 4.79. The molecule has 1 aliphatic carbocycles. The van der Waals surface area contributed by atoms with Crippen LogP contribution in [-0.2, 0) is 12.8 Å². The van der Waals surface area contributed by atoms with Gasteiger partial charge < -0.3 is 5.32 Å². The summed E-state index contributed by atoms with van der Waals surface area (Å²) >= 11 is 1.79. The van der Waals surface area contributed by atoms with E-state index in [1.807, 2.05) is 0 Å². The minimum absolute atomic E-state index is 0.946. The first-order valence-electron chi connectivity index (χ1n) is 6.52. The van der Waals surface area contributed by atoms with Crippen molar-refractivity contribution in [3.63, 3.8) is 0 Å². The number of nitrogens with one attached hydrogen (secondary N) is 1. The lowest BCUT2D eigenvalue weighted by molar-refractivity contribution is 0.491. The fourth-order valence-electron chi connectivity index (χ4n) is 2.36. The highest BCUT2D eigenvalue weighted by Crippen LogP contribution is 2.23. The van der Waals surface area contributed by atoms with Crippen molar-refractivity contribution < 1.29 is 0 Å². The Morgan fingerprint density at radius 3 is 2.94 bits per heavy atom. The van der Waals surface area contributed by atoms with E-state index in [1.54, 1.807) is 11.3 Å². The fraction of sp³-hybridized carbons (Fsp3) is 0.769. The SMILES string of the molecule is CCc1nc(CCNCC2CCCC2)cs1. The maximum absolute atomic E-state index is 4.58. The van der Waals surface area contributed by atoms with Crippen LogP contribution in [0.3, 0.4) is 0 Å². The minimum atomic E-state index is 0.946. The van der Waals surface area contributed by atoms with Gasteiger partial charge in [0.2, 0.25) is 0 Å². The summed E-state index contributed by atoms with van der Waals surface area (Å²) in [5.41, 5.74) is 1.26. The highest BCUT2D eigenvalue weighted by Gasteiger charge is 2.13. The molecule has 1 saturated carbocycles. The molecule has 0 saturated heterocycles. The molecule has 1 aliphatic rings. The number of hydrogen-bond donors (Lipinski definition) is 1. The van der Waals surface area contributed by atoms with E-state index in [4.69, 9.17) is 0 Å². The molecule has 2 rings (SSSR count). The first-order chi connectivity index (χ1) is 7.88. The van der Waals surface area contributed by atoms with E-state index in [0.717, 1.165) is 25.3 Å². The van der Waals surface area contributed by atoms with Crippen molar-refractivity contribution in [2.75, 3.05) is 13.1 Å². The Labute approximate surface area is 102 Å². The number of thiazole rings is 1. The second kappa shape index (κ2) is 6.36. The van der Waals surface area contributed by atoms with E-state index >= 15 is 0 Å². The molecule has 0 spiro atoms. The number of aromatic nitrogens is 1. The Morgan fingerprint density at radius 2 is 2.25 bits per heavy atom. The van der Waals surface area contributed by atoms with Crippen molar-refractivity contribution >= 4 is 11.3 Å². The van der Waals surface area contributed by atoms with Crippen molar-refractivity contribution in [3.8, 4) is 0 Å². The van der Waals surface area contributed by atoms with Crippen LogP contribution < -0.4 is 5.32 Å². The van der Waals surface area contributed by atoms with Crippen molar-refractivity contribution in [1.82, 2.24) is 10.3 Å². The molecule has 0 unspecified atom stereocenters. The quantitative estimate of drug-likeness (QED) is 0.771. The number of rotatable bonds is 6. The maximum Gasteiger partial charge on any atom is 0.0925 e. The van der Waals surface area contributed by atoms with Crippen LogP contribution >= 0.6 is 11.3 Å². The van der Waals surface area contributed by atoms with Crippen molar-refractivity contribution in [1.29, 1.82) is 0 Å². The Bertz CT molecular complexity index is 303. The van der Waals surface area contributed by atoms with Gasteiger partial charge in [0.15, 0.2) is 0 Å². The molecule has 1 N–H and O–H groups in total. The third kappa shape index (κ3) is 3.56. The highest BCUT2D eigenvalue weighted by atomic mass is 32.1. The zero-order valence-electron chi connectivity index (χ0n) is 10.2. The predicted molar refractivity (Wildman–Crippen MR) is 70.0 cm³/mol. The van der Waals surface area contributed by atoms with Crippen molar-refractivity contribution in [2.45, 2.75) is 45.4 Å². The molecule has 16 heavy (non-hydrogen) atoms. The third-order valence-electron chi connectivity index (χ3n) is 3.37. The summed E-state index contributed by atoms with van der Waals surface area (Å²) in [6.07, 6.45) is 7.91. The van der Waals surface area contributed by atoms with E-state index < -0.39 is 0 Å². The molecule has 0 atom stereocenters. The lowest BCUT2D eigenvalue weighted by Crippen LogP contribution is -2.23. The van der Waals surface area contributed by atoms with Gasteiger partial charge in [-0.3, -0.25) is 0 Å². The average Bonchev–Trinajstić information content (AvgIpc) is 2.95. The summed E-state index contributed by atoms with van der Waals surface area (Å²) in [6, 6.07) is 0. The Hall–Kier alpha value is -0.410. The van der Waals surface area contributed by atoms with Gasteiger partial charge in [-0.05, 0) is 31.7 Å². The number of aryl methyl sites for hydroxylation is 1.